The van der Waals surface area contributed by atoms with Gasteiger partial charge in [-0.1, -0.05) is 54.6 Å². The van der Waals surface area contributed by atoms with E-state index in [1.807, 2.05) is 0 Å². The maximum Gasteiger partial charge on any atom is 0.264 e. The first-order valence-electron chi connectivity index (χ1n) is 10.6. The summed E-state index contributed by atoms with van der Waals surface area (Å²) < 4.78 is 42.3. The maximum absolute atomic E-state index is 14.4. The van der Waals surface area contributed by atoms with Crippen molar-refractivity contribution < 1.29 is 22.4 Å². The number of halogens is 1. The summed E-state index contributed by atoms with van der Waals surface area (Å²) in [4.78, 5) is 27.1. The van der Waals surface area contributed by atoms with Gasteiger partial charge in [0.1, 0.15) is 18.4 Å². The SMILES string of the molecule is CNC(=O)[C@@H](C)N(Cc1ccccc1F)C(=O)CN(c1ccccc1)S(=O)(=O)c1ccccc1. The molecule has 2 amide bonds. The average molecular weight is 484 g/mol. The molecule has 3 rings (SSSR count). The van der Waals surface area contributed by atoms with Crippen LogP contribution in [-0.2, 0) is 26.2 Å². The Bertz CT molecular complexity index is 1240. The average Bonchev–Trinajstić information content (AvgIpc) is 2.86. The van der Waals surface area contributed by atoms with Gasteiger partial charge < -0.3 is 10.2 Å². The molecule has 0 aromatic heterocycles. The third-order valence-electron chi connectivity index (χ3n) is 5.37. The lowest BCUT2D eigenvalue weighted by molar-refractivity contribution is -0.139. The van der Waals surface area contributed by atoms with E-state index in [4.69, 9.17) is 0 Å². The van der Waals surface area contributed by atoms with Crippen molar-refractivity contribution in [1.82, 2.24) is 10.2 Å². The van der Waals surface area contributed by atoms with Crippen molar-refractivity contribution in [1.29, 1.82) is 0 Å². The number of nitrogens with zero attached hydrogens (tertiary/aromatic N) is 2. The van der Waals surface area contributed by atoms with E-state index in [0.29, 0.717) is 0 Å². The Morgan fingerprint density at radius 1 is 0.912 bits per heavy atom. The number of anilines is 1. The van der Waals surface area contributed by atoms with Crippen LogP contribution >= 0.6 is 0 Å². The molecule has 3 aromatic carbocycles. The monoisotopic (exact) mass is 483 g/mol. The molecule has 1 N–H and O–H groups in total. The van der Waals surface area contributed by atoms with Gasteiger partial charge in [-0.2, -0.15) is 0 Å². The summed E-state index contributed by atoms with van der Waals surface area (Å²) in [7, 11) is -2.67. The maximum atomic E-state index is 14.4. The van der Waals surface area contributed by atoms with E-state index in [-0.39, 0.29) is 22.7 Å². The number of benzene rings is 3. The molecular weight excluding hydrogens is 457 g/mol. The van der Waals surface area contributed by atoms with Gasteiger partial charge >= 0.3 is 0 Å². The molecule has 3 aromatic rings. The van der Waals surface area contributed by atoms with Gasteiger partial charge in [-0.05, 0) is 37.3 Å². The summed E-state index contributed by atoms with van der Waals surface area (Å²) in [5, 5.41) is 2.48. The van der Waals surface area contributed by atoms with Crippen LogP contribution in [0.15, 0.2) is 89.8 Å². The van der Waals surface area contributed by atoms with E-state index in [2.05, 4.69) is 5.32 Å². The Hall–Kier alpha value is -3.72. The number of amides is 2. The second kappa shape index (κ2) is 10.9. The Morgan fingerprint density at radius 2 is 1.47 bits per heavy atom. The smallest absolute Gasteiger partial charge is 0.264 e. The lowest BCUT2D eigenvalue weighted by Crippen LogP contribution is -2.50. The fraction of sp³-hybridized carbons (Fsp3) is 0.200. The molecule has 0 radical (unpaired) electrons. The highest BCUT2D eigenvalue weighted by Gasteiger charge is 2.32. The van der Waals surface area contributed by atoms with Crippen molar-refractivity contribution in [2.75, 3.05) is 17.9 Å². The predicted octanol–water partition coefficient (Wildman–Crippen LogP) is 3.18. The second-order valence-electron chi connectivity index (χ2n) is 7.56. The molecule has 1 atom stereocenters. The van der Waals surface area contributed by atoms with Crippen LogP contribution in [0.5, 0.6) is 0 Å². The zero-order valence-corrected chi connectivity index (χ0v) is 19.7. The van der Waals surface area contributed by atoms with Crippen molar-refractivity contribution in [3.63, 3.8) is 0 Å². The van der Waals surface area contributed by atoms with Crippen molar-refractivity contribution in [3.8, 4) is 0 Å². The van der Waals surface area contributed by atoms with E-state index in [1.165, 1.54) is 49.2 Å². The van der Waals surface area contributed by atoms with Crippen LogP contribution in [0, 0.1) is 5.82 Å². The van der Waals surface area contributed by atoms with E-state index in [9.17, 15) is 22.4 Å². The molecule has 0 aliphatic rings. The Morgan fingerprint density at radius 3 is 2.06 bits per heavy atom. The van der Waals surface area contributed by atoms with Gasteiger partial charge in [0.25, 0.3) is 10.0 Å². The normalized spacial score (nSPS) is 12.0. The standard InChI is InChI=1S/C25H26FN3O4S/c1-19(25(31)27-2)28(17-20-11-9-10-16-23(20)26)24(30)18-29(21-12-5-3-6-13-21)34(32,33)22-14-7-4-8-15-22/h3-16,19H,17-18H2,1-2H3,(H,27,31)/t19-/m1/s1. The van der Waals surface area contributed by atoms with Crippen LogP contribution in [0.2, 0.25) is 0 Å². The number of carbonyl (C=O) groups excluding carboxylic acids is 2. The highest BCUT2D eigenvalue weighted by molar-refractivity contribution is 7.92. The number of hydrogen-bond acceptors (Lipinski definition) is 4. The summed E-state index contributed by atoms with van der Waals surface area (Å²) in [5.41, 5.74) is 0.502. The summed E-state index contributed by atoms with van der Waals surface area (Å²) in [5.74, 6) is -1.63. The molecule has 0 saturated carbocycles. The predicted molar refractivity (Wildman–Crippen MR) is 128 cm³/mol. The van der Waals surface area contributed by atoms with Crippen LogP contribution in [-0.4, -0.2) is 44.8 Å². The lowest BCUT2D eigenvalue weighted by Gasteiger charge is -2.31. The molecule has 0 bridgehead atoms. The van der Waals surface area contributed by atoms with Gasteiger partial charge in [-0.3, -0.25) is 13.9 Å². The van der Waals surface area contributed by atoms with E-state index in [0.717, 1.165) is 4.31 Å². The summed E-state index contributed by atoms with van der Waals surface area (Å²) in [6.07, 6.45) is 0. The molecule has 9 heteroatoms. The van der Waals surface area contributed by atoms with Crippen LogP contribution < -0.4 is 9.62 Å². The first-order chi connectivity index (χ1) is 16.3. The fourth-order valence-corrected chi connectivity index (χ4v) is 4.88. The van der Waals surface area contributed by atoms with Crippen molar-refractivity contribution in [2.45, 2.75) is 24.4 Å². The molecule has 34 heavy (non-hydrogen) atoms. The van der Waals surface area contributed by atoms with Crippen LogP contribution in [0.1, 0.15) is 12.5 Å². The van der Waals surface area contributed by atoms with Gasteiger partial charge in [0, 0.05) is 19.2 Å². The molecule has 0 aliphatic heterocycles. The minimum Gasteiger partial charge on any atom is -0.357 e. The van der Waals surface area contributed by atoms with Crippen molar-refractivity contribution in [2.24, 2.45) is 0 Å². The Labute approximate surface area is 198 Å². The first-order valence-corrected chi connectivity index (χ1v) is 12.1. The first kappa shape index (κ1) is 24.9. The zero-order valence-electron chi connectivity index (χ0n) is 18.9. The molecule has 0 spiro atoms. The molecule has 0 heterocycles. The van der Waals surface area contributed by atoms with Gasteiger partial charge in [0.05, 0.1) is 10.6 Å². The number of likely N-dealkylation sites (N-methyl/N-ethyl adjacent to an activating group) is 1. The van der Waals surface area contributed by atoms with Gasteiger partial charge in [-0.15, -0.1) is 0 Å². The van der Waals surface area contributed by atoms with E-state index >= 15 is 0 Å². The molecule has 7 nitrogen and oxygen atoms in total. The van der Waals surface area contributed by atoms with E-state index in [1.54, 1.807) is 54.6 Å². The third kappa shape index (κ3) is 5.60. The summed E-state index contributed by atoms with van der Waals surface area (Å²) in [6, 6.07) is 21.0. The molecular formula is C25H26FN3O4S. The van der Waals surface area contributed by atoms with Crippen LogP contribution in [0.25, 0.3) is 0 Å². The minimum absolute atomic E-state index is 0.0201. The minimum atomic E-state index is -4.10. The fourth-order valence-electron chi connectivity index (χ4n) is 3.44. The van der Waals surface area contributed by atoms with E-state index < -0.39 is 40.2 Å². The second-order valence-corrected chi connectivity index (χ2v) is 9.43. The van der Waals surface area contributed by atoms with Crippen molar-refractivity contribution >= 4 is 27.5 Å². The quantitative estimate of drug-likeness (QED) is 0.507. The van der Waals surface area contributed by atoms with Gasteiger partial charge in [0.2, 0.25) is 11.8 Å². The van der Waals surface area contributed by atoms with Crippen LogP contribution in [0.4, 0.5) is 10.1 Å². The highest BCUT2D eigenvalue weighted by atomic mass is 32.2. The summed E-state index contributed by atoms with van der Waals surface area (Å²) >= 11 is 0. The molecule has 0 fully saturated rings. The number of carbonyl (C=O) groups is 2. The number of para-hydroxylation sites is 1. The highest BCUT2D eigenvalue weighted by Crippen LogP contribution is 2.24. The van der Waals surface area contributed by atoms with Gasteiger partial charge in [-0.25, -0.2) is 12.8 Å². The Kier molecular flexibility index (Phi) is 8.01. The number of sulfonamides is 1. The molecule has 0 saturated heterocycles. The topological polar surface area (TPSA) is 86.8 Å². The molecule has 0 aliphatic carbocycles. The van der Waals surface area contributed by atoms with Crippen molar-refractivity contribution in [3.05, 3.63) is 96.3 Å². The third-order valence-corrected chi connectivity index (χ3v) is 7.15. The molecule has 0 unspecified atom stereocenters. The largest absolute Gasteiger partial charge is 0.357 e. The number of hydrogen-bond donors (Lipinski definition) is 1. The lowest BCUT2D eigenvalue weighted by atomic mass is 10.1. The zero-order chi connectivity index (χ0) is 24.7. The van der Waals surface area contributed by atoms with Crippen LogP contribution in [0.3, 0.4) is 0 Å². The Balaban J connectivity index is 2.01. The molecule has 178 valence electrons. The van der Waals surface area contributed by atoms with Gasteiger partial charge in [0.15, 0.2) is 0 Å². The summed E-state index contributed by atoms with van der Waals surface area (Å²) in [6.45, 7) is 0.737. The number of nitrogens with one attached hydrogen (secondary N) is 1. The number of rotatable bonds is 9.